The highest BCUT2D eigenvalue weighted by Gasteiger charge is 2.21. The second-order valence-electron chi connectivity index (χ2n) is 6.74. The lowest BCUT2D eigenvalue weighted by Gasteiger charge is -2.24. The molecule has 154 valence electrons. The van der Waals surface area contributed by atoms with Gasteiger partial charge in [0.15, 0.2) is 11.7 Å². The topological polar surface area (TPSA) is 45.7 Å². The summed E-state index contributed by atoms with van der Waals surface area (Å²) in [5.41, 5.74) is 1.89. The summed E-state index contributed by atoms with van der Waals surface area (Å²) in [7, 11) is 0. The van der Waals surface area contributed by atoms with Gasteiger partial charge in [-0.25, -0.2) is 4.98 Å². The Morgan fingerprint density at radius 1 is 1.14 bits per heavy atom. The summed E-state index contributed by atoms with van der Waals surface area (Å²) < 4.78 is 6.68. The van der Waals surface area contributed by atoms with Gasteiger partial charge < -0.3 is 9.64 Å². The van der Waals surface area contributed by atoms with Gasteiger partial charge in [-0.2, -0.15) is 0 Å². The van der Waals surface area contributed by atoms with Gasteiger partial charge in [0.25, 0.3) is 5.91 Å². The molecule has 0 atom stereocenters. The molecule has 1 heterocycles. The first-order valence-electron chi connectivity index (χ1n) is 9.79. The second-order valence-corrected chi connectivity index (χ2v) is 8.19. The van der Waals surface area contributed by atoms with E-state index >= 15 is 0 Å². The number of anilines is 1. The number of hydrogen-bond acceptors (Lipinski definition) is 5. The van der Waals surface area contributed by atoms with E-state index in [-0.39, 0.29) is 12.5 Å². The molecule has 2 aromatic carbocycles. The number of carbonyl (C=O) groups is 1. The van der Waals surface area contributed by atoms with Crippen molar-refractivity contribution in [1.82, 2.24) is 9.88 Å². The number of carbonyl (C=O) groups excluding carboxylic acids is 1. The standard InChI is InChI=1S/C22H26ClN3O2S/c1-4-25(5-2)11-12-26(20(27)15-28-18-9-7-6-8-10-18)22-24-21-16(3)13-17(23)14-19(21)29-22/h6-10,13-14H,4-5,11-12,15H2,1-3H3. The number of fused-ring (bicyclic) bond motifs is 1. The fraction of sp³-hybridized carbons (Fsp3) is 0.364. The lowest BCUT2D eigenvalue weighted by Crippen LogP contribution is -2.41. The zero-order chi connectivity index (χ0) is 20.8. The minimum Gasteiger partial charge on any atom is -0.484 e. The molecular formula is C22H26ClN3O2S. The van der Waals surface area contributed by atoms with Crippen LogP contribution in [-0.4, -0.2) is 48.6 Å². The lowest BCUT2D eigenvalue weighted by molar-refractivity contribution is -0.120. The van der Waals surface area contributed by atoms with Crippen LogP contribution in [0.2, 0.25) is 5.02 Å². The Balaban J connectivity index is 1.83. The molecule has 0 saturated carbocycles. The molecule has 0 aliphatic heterocycles. The van der Waals surface area contributed by atoms with Crippen LogP contribution in [0.3, 0.4) is 0 Å². The van der Waals surface area contributed by atoms with E-state index < -0.39 is 0 Å². The highest BCUT2D eigenvalue weighted by molar-refractivity contribution is 7.22. The third-order valence-corrected chi connectivity index (χ3v) is 6.05. The van der Waals surface area contributed by atoms with E-state index in [1.807, 2.05) is 49.4 Å². The van der Waals surface area contributed by atoms with Crippen molar-refractivity contribution in [2.24, 2.45) is 0 Å². The average molecular weight is 432 g/mol. The number of amides is 1. The minimum absolute atomic E-state index is 0.0298. The van der Waals surface area contributed by atoms with Crippen LogP contribution in [-0.2, 0) is 4.79 Å². The molecule has 1 amide bonds. The number of nitrogens with zero attached hydrogens (tertiary/aromatic N) is 3. The van der Waals surface area contributed by atoms with Gasteiger partial charge >= 0.3 is 0 Å². The van der Waals surface area contributed by atoms with Gasteiger partial charge in [0.05, 0.1) is 10.2 Å². The largest absolute Gasteiger partial charge is 0.484 e. The molecule has 0 aliphatic rings. The number of halogens is 1. The average Bonchev–Trinajstić information content (AvgIpc) is 3.14. The van der Waals surface area contributed by atoms with Gasteiger partial charge in [-0.3, -0.25) is 9.69 Å². The van der Waals surface area contributed by atoms with Crippen LogP contribution in [0.5, 0.6) is 5.75 Å². The SMILES string of the molecule is CCN(CC)CCN(C(=O)COc1ccccc1)c1nc2c(C)cc(Cl)cc2s1. The Morgan fingerprint density at radius 3 is 2.55 bits per heavy atom. The van der Waals surface area contributed by atoms with Crippen molar-refractivity contribution in [3.63, 3.8) is 0 Å². The normalized spacial score (nSPS) is 11.2. The molecule has 0 radical (unpaired) electrons. The third kappa shape index (κ3) is 5.47. The van der Waals surface area contributed by atoms with E-state index in [2.05, 4.69) is 18.7 Å². The predicted molar refractivity (Wildman–Crippen MR) is 121 cm³/mol. The molecule has 0 bridgehead atoms. The maximum Gasteiger partial charge on any atom is 0.266 e. The van der Waals surface area contributed by atoms with Crippen LogP contribution >= 0.6 is 22.9 Å². The zero-order valence-electron chi connectivity index (χ0n) is 17.0. The number of para-hydroxylation sites is 1. The van der Waals surface area contributed by atoms with Crippen LogP contribution in [0, 0.1) is 6.92 Å². The number of rotatable bonds is 9. The number of benzene rings is 2. The number of hydrogen-bond donors (Lipinski definition) is 0. The molecule has 5 nitrogen and oxygen atoms in total. The van der Waals surface area contributed by atoms with E-state index in [1.165, 1.54) is 11.3 Å². The van der Waals surface area contributed by atoms with Crippen LogP contribution in [0.4, 0.5) is 5.13 Å². The Morgan fingerprint density at radius 2 is 1.86 bits per heavy atom. The smallest absolute Gasteiger partial charge is 0.266 e. The summed E-state index contributed by atoms with van der Waals surface area (Å²) in [5, 5.41) is 1.36. The van der Waals surface area contributed by atoms with E-state index in [4.69, 9.17) is 21.3 Å². The van der Waals surface area contributed by atoms with Crippen molar-refractivity contribution in [2.75, 3.05) is 37.7 Å². The van der Waals surface area contributed by atoms with Crippen LogP contribution in [0.25, 0.3) is 10.2 Å². The van der Waals surface area contributed by atoms with Crippen molar-refractivity contribution in [2.45, 2.75) is 20.8 Å². The molecule has 0 N–H and O–H groups in total. The molecule has 0 spiro atoms. The van der Waals surface area contributed by atoms with Gasteiger partial charge in [0.2, 0.25) is 0 Å². The number of ether oxygens (including phenoxy) is 1. The summed E-state index contributed by atoms with van der Waals surface area (Å²) in [6.07, 6.45) is 0. The van der Waals surface area contributed by atoms with Crippen LogP contribution in [0.1, 0.15) is 19.4 Å². The molecule has 3 aromatic rings. The fourth-order valence-corrected chi connectivity index (χ4v) is 4.57. The molecule has 0 aliphatic carbocycles. The van der Waals surface area contributed by atoms with Gasteiger partial charge in [-0.05, 0) is 49.8 Å². The molecular weight excluding hydrogens is 406 g/mol. The summed E-state index contributed by atoms with van der Waals surface area (Å²) in [6.45, 7) is 9.41. The summed E-state index contributed by atoms with van der Waals surface area (Å²) in [5.74, 6) is 0.570. The molecule has 1 aromatic heterocycles. The minimum atomic E-state index is -0.108. The van der Waals surface area contributed by atoms with Gasteiger partial charge in [0.1, 0.15) is 5.75 Å². The Labute approximate surface area is 180 Å². The molecule has 7 heteroatoms. The monoisotopic (exact) mass is 431 g/mol. The van der Waals surface area contributed by atoms with Crippen molar-refractivity contribution < 1.29 is 9.53 Å². The first-order chi connectivity index (χ1) is 14.0. The summed E-state index contributed by atoms with van der Waals surface area (Å²) in [4.78, 5) is 21.8. The van der Waals surface area contributed by atoms with Crippen molar-refractivity contribution in [1.29, 1.82) is 0 Å². The Bertz CT molecular complexity index is 957. The maximum atomic E-state index is 13.1. The van der Waals surface area contributed by atoms with Crippen LogP contribution in [0.15, 0.2) is 42.5 Å². The van der Waals surface area contributed by atoms with Crippen molar-refractivity contribution >= 4 is 44.2 Å². The third-order valence-electron chi connectivity index (χ3n) is 4.81. The number of aryl methyl sites for hydroxylation is 1. The van der Waals surface area contributed by atoms with Gasteiger partial charge in [-0.15, -0.1) is 0 Å². The van der Waals surface area contributed by atoms with Gasteiger partial charge in [0, 0.05) is 18.1 Å². The Kier molecular flexibility index (Phi) is 7.47. The second kappa shape index (κ2) is 10.1. The quantitative estimate of drug-likeness (QED) is 0.477. The first-order valence-corrected chi connectivity index (χ1v) is 11.0. The molecule has 0 unspecified atom stereocenters. The van der Waals surface area contributed by atoms with E-state index in [0.717, 1.165) is 35.4 Å². The van der Waals surface area contributed by atoms with E-state index in [1.54, 1.807) is 4.90 Å². The highest BCUT2D eigenvalue weighted by Crippen LogP contribution is 2.33. The fourth-order valence-electron chi connectivity index (χ4n) is 3.11. The number of aromatic nitrogens is 1. The van der Waals surface area contributed by atoms with Gasteiger partial charge in [-0.1, -0.05) is 55.0 Å². The summed E-state index contributed by atoms with van der Waals surface area (Å²) >= 11 is 7.69. The highest BCUT2D eigenvalue weighted by atomic mass is 35.5. The molecule has 29 heavy (non-hydrogen) atoms. The lowest BCUT2D eigenvalue weighted by atomic mass is 10.2. The van der Waals surface area contributed by atoms with Crippen molar-refractivity contribution in [3.05, 3.63) is 53.1 Å². The summed E-state index contributed by atoms with van der Waals surface area (Å²) in [6, 6.07) is 13.2. The zero-order valence-corrected chi connectivity index (χ0v) is 18.6. The maximum absolute atomic E-state index is 13.1. The number of likely N-dealkylation sites (N-methyl/N-ethyl adjacent to an activating group) is 1. The van der Waals surface area contributed by atoms with E-state index in [0.29, 0.717) is 22.4 Å². The first kappa shape index (κ1) is 21.6. The molecule has 3 rings (SSSR count). The predicted octanol–water partition coefficient (Wildman–Crippen LogP) is 5.01. The Hall–Kier alpha value is -2.15. The van der Waals surface area contributed by atoms with Crippen LogP contribution < -0.4 is 9.64 Å². The van der Waals surface area contributed by atoms with Crippen molar-refractivity contribution in [3.8, 4) is 5.75 Å². The molecule has 0 fully saturated rings. The number of thiazole rings is 1. The van der Waals surface area contributed by atoms with E-state index in [9.17, 15) is 4.79 Å². The molecule has 0 saturated heterocycles.